The van der Waals surface area contributed by atoms with Crippen LogP contribution < -0.4 is 0 Å². The van der Waals surface area contributed by atoms with Crippen molar-refractivity contribution in [2.75, 3.05) is 0 Å². The maximum Gasteiger partial charge on any atom is 0.0612 e. The highest BCUT2D eigenvalue weighted by molar-refractivity contribution is 6.80. The third-order valence-corrected chi connectivity index (χ3v) is 10.2. The highest BCUT2D eigenvalue weighted by Gasteiger charge is 2.46. The first-order chi connectivity index (χ1) is 10.7. The molecule has 2 aromatic rings. The lowest BCUT2D eigenvalue weighted by molar-refractivity contribution is 0.654. The minimum atomic E-state index is -1.50. The monoisotopic (exact) mass is 340 g/mol. The van der Waals surface area contributed by atoms with Crippen molar-refractivity contribution in [1.29, 1.82) is 0 Å². The second-order valence-corrected chi connectivity index (χ2v) is 19.9. The van der Waals surface area contributed by atoms with Crippen molar-refractivity contribution in [2.45, 2.75) is 56.8 Å². The van der Waals surface area contributed by atoms with Gasteiger partial charge >= 0.3 is 0 Å². The predicted molar refractivity (Wildman–Crippen MR) is 110 cm³/mol. The van der Waals surface area contributed by atoms with Crippen LogP contribution in [0, 0.1) is 0 Å². The zero-order chi connectivity index (χ0) is 17.1. The normalized spacial score (nSPS) is 13.1. The molecule has 2 rings (SSSR count). The molecule has 2 heteroatoms. The Hall–Kier alpha value is -1.13. The van der Waals surface area contributed by atoms with Gasteiger partial charge in [-0.25, -0.2) is 0 Å². The molecule has 0 saturated carbocycles. The molecule has 0 unspecified atom stereocenters. The Morgan fingerprint density at radius 3 is 1.35 bits per heavy atom. The van der Waals surface area contributed by atoms with E-state index in [1.54, 1.807) is 0 Å². The third-order valence-electron chi connectivity index (χ3n) is 5.06. The fourth-order valence-electron chi connectivity index (χ4n) is 3.70. The molecule has 0 fully saturated rings. The summed E-state index contributed by atoms with van der Waals surface area (Å²) in [7, 11) is -2.59. The third kappa shape index (κ3) is 4.05. The lowest BCUT2D eigenvalue weighted by atomic mass is 9.87. The van der Waals surface area contributed by atoms with Gasteiger partial charge in [-0.05, 0) is 17.5 Å². The van der Waals surface area contributed by atoms with E-state index in [1.807, 2.05) is 0 Å². The first-order valence-corrected chi connectivity index (χ1v) is 16.0. The fraction of sp³-hybridized carbons (Fsp3) is 0.429. The predicted octanol–water partition coefficient (Wildman–Crippen LogP) is 6.58. The van der Waals surface area contributed by atoms with Gasteiger partial charge in [-0.1, -0.05) is 106 Å². The van der Waals surface area contributed by atoms with Gasteiger partial charge in [-0.3, -0.25) is 0 Å². The molecule has 0 atom stereocenters. The van der Waals surface area contributed by atoms with Crippen LogP contribution in [0.2, 0.25) is 45.3 Å². The molecule has 124 valence electrons. The molecule has 0 spiro atoms. The topological polar surface area (TPSA) is 0 Å². The van der Waals surface area contributed by atoms with Crippen LogP contribution in [0.1, 0.15) is 17.5 Å². The Kier molecular flexibility index (Phi) is 5.37. The Bertz CT molecular complexity index is 564. The van der Waals surface area contributed by atoms with Crippen molar-refractivity contribution < 1.29 is 0 Å². The van der Waals surface area contributed by atoms with Crippen LogP contribution >= 0.6 is 0 Å². The highest BCUT2D eigenvalue weighted by atomic mass is 28.3. The van der Waals surface area contributed by atoms with E-state index in [9.17, 15) is 0 Å². The Labute approximate surface area is 145 Å². The molecule has 23 heavy (non-hydrogen) atoms. The van der Waals surface area contributed by atoms with Gasteiger partial charge in [0.1, 0.15) is 0 Å². The minimum absolute atomic E-state index is 0.204. The summed E-state index contributed by atoms with van der Waals surface area (Å²) in [4.78, 5) is 0. The highest BCUT2D eigenvalue weighted by Crippen LogP contribution is 2.45. The van der Waals surface area contributed by atoms with Gasteiger partial charge in [0.05, 0.1) is 8.07 Å². The average molecular weight is 341 g/mol. The molecule has 2 aromatic carbocycles. The molecule has 0 saturated heterocycles. The van der Waals surface area contributed by atoms with Gasteiger partial charge < -0.3 is 0 Å². The van der Waals surface area contributed by atoms with E-state index >= 15 is 0 Å². The zero-order valence-corrected chi connectivity index (χ0v) is 17.7. The Balaban J connectivity index is 2.65. The molecule has 0 amide bonds. The molecule has 0 N–H and O–H groups in total. The van der Waals surface area contributed by atoms with Crippen LogP contribution in [0.25, 0.3) is 0 Å². The number of rotatable bonds is 6. The van der Waals surface area contributed by atoms with Gasteiger partial charge in [0, 0.05) is 13.1 Å². The van der Waals surface area contributed by atoms with E-state index in [2.05, 4.69) is 99.9 Å². The Morgan fingerprint density at radius 1 is 0.652 bits per heavy atom. The summed E-state index contributed by atoms with van der Waals surface area (Å²) in [6.45, 7) is 15.1. The van der Waals surface area contributed by atoms with Gasteiger partial charge in [-0.15, -0.1) is 0 Å². The van der Waals surface area contributed by atoms with Gasteiger partial charge in [0.2, 0.25) is 0 Å². The molecular formula is C21H32Si2. The van der Waals surface area contributed by atoms with Gasteiger partial charge in [0.25, 0.3) is 0 Å². The summed E-state index contributed by atoms with van der Waals surface area (Å²) < 4.78 is 0. The first kappa shape index (κ1) is 18.2. The van der Waals surface area contributed by atoms with Crippen LogP contribution in [0.4, 0.5) is 0 Å². The molecule has 0 radical (unpaired) electrons. The standard InChI is InChI=1S/C21H32Si2/c1-22(2,3)18-17-21(23(4,5)6,19-13-9-7-10-14-19)20-15-11-8-12-16-20/h7-16H,17-18H2,1-6H3. The van der Waals surface area contributed by atoms with Crippen LogP contribution in [0.15, 0.2) is 60.7 Å². The summed E-state index contributed by atoms with van der Waals surface area (Å²) in [5.74, 6) is 0. The number of benzene rings is 2. The molecule has 0 aromatic heterocycles. The van der Waals surface area contributed by atoms with E-state index in [4.69, 9.17) is 0 Å². The summed E-state index contributed by atoms with van der Waals surface area (Å²) in [6, 6.07) is 23.9. The average Bonchev–Trinajstić information content (AvgIpc) is 2.47. The van der Waals surface area contributed by atoms with E-state index < -0.39 is 16.1 Å². The number of hydrogen-bond donors (Lipinski definition) is 0. The maximum atomic E-state index is 2.54. The summed E-state index contributed by atoms with van der Waals surface area (Å²) in [5.41, 5.74) is 3.03. The molecule has 0 aliphatic carbocycles. The zero-order valence-electron chi connectivity index (χ0n) is 15.7. The van der Waals surface area contributed by atoms with Crippen LogP contribution in [0.3, 0.4) is 0 Å². The number of hydrogen-bond acceptors (Lipinski definition) is 0. The summed E-state index contributed by atoms with van der Waals surface area (Å²) in [6.07, 6.45) is 1.28. The Morgan fingerprint density at radius 2 is 1.04 bits per heavy atom. The van der Waals surface area contributed by atoms with E-state index in [-0.39, 0.29) is 5.04 Å². The summed E-state index contributed by atoms with van der Waals surface area (Å²) in [5, 5.41) is 0.204. The second-order valence-electron chi connectivity index (χ2n) is 8.95. The van der Waals surface area contributed by atoms with Crippen molar-refractivity contribution in [3.05, 3.63) is 71.8 Å². The quantitative estimate of drug-likeness (QED) is 0.521. The molecule has 0 aliphatic rings. The molecule has 0 heterocycles. The van der Waals surface area contributed by atoms with E-state index in [0.717, 1.165) is 0 Å². The molecular weight excluding hydrogens is 308 g/mol. The molecule has 0 bridgehead atoms. The van der Waals surface area contributed by atoms with E-state index in [1.165, 1.54) is 23.6 Å². The minimum Gasteiger partial charge on any atom is -0.0695 e. The maximum absolute atomic E-state index is 2.54. The van der Waals surface area contributed by atoms with Crippen molar-refractivity contribution in [3.63, 3.8) is 0 Å². The lowest BCUT2D eigenvalue weighted by Crippen LogP contribution is -2.51. The largest absolute Gasteiger partial charge is 0.0695 e. The van der Waals surface area contributed by atoms with E-state index in [0.29, 0.717) is 0 Å². The second kappa shape index (κ2) is 6.78. The van der Waals surface area contributed by atoms with Gasteiger partial charge in [0.15, 0.2) is 0 Å². The van der Waals surface area contributed by atoms with Crippen LogP contribution in [-0.4, -0.2) is 16.1 Å². The fourth-order valence-corrected chi connectivity index (χ4v) is 8.02. The van der Waals surface area contributed by atoms with Gasteiger partial charge in [-0.2, -0.15) is 0 Å². The molecule has 0 aliphatic heterocycles. The smallest absolute Gasteiger partial charge is 0.0612 e. The lowest BCUT2D eigenvalue weighted by Gasteiger charge is -2.46. The van der Waals surface area contributed by atoms with Crippen molar-refractivity contribution in [1.82, 2.24) is 0 Å². The van der Waals surface area contributed by atoms with Crippen molar-refractivity contribution >= 4 is 16.1 Å². The van der Waals surface area contributed by atoms with Crippen LogP contribution in [0.5, 0.6) is 0 Å². The SMILES string of the molecule is C[Si](C)(C)CCC(c1ccccc1)(c1ccccc1)[Si](C)(C)C. The molecule has 0 nitrogen and oxygen atoms in total. The van der Waals surface area contributed by atoms with Crippen molar-refractivity contribution in [2.24, 2.45) is 0 Å². The first-order valence-electron chi connectivity index (χ1n) is 8.78. The van der Waals surface area contributed by atoms with Crippen molar-refractivity contribution in [3.8, 4) is 0 Å². The van der Waals surface area contributed by atoms with Crippen LogP contribution in [-0.2, 0) is 5.04 Å². The summed E-state index contributed by atoms with van der Waals surface area (Å²) >= 11 is 0.